The molecule has 0 saturated carbocycles. The van der Waals surface area contributed by atoms with E-state index in [4.69, 9.17) is 18.6 Å². The maximum atomic E-state index is 13.4. The van der Waals surface area contributed by atoms with Gasteiger partial charge in [-0.15, -0.1) is 0 Å². The SMILES string of the molecule is C=C(C)C(=O)OCC(COc1ccc2cc(-c3ccc(CCCCC)cc3OC)oc2c1)C(F)(F)F. The molecular weight excluding hydrogens is 473 g/mol. The third-order valence-electron chi connectivity index (χ3n) is 5.77. The fraction of sp³-hybridized carbons (Fsp3) is 0.393. The molecule has 0 saturated heterocycles. The van der Waals surface area contributed by atoms with Crippen LogP contribution < -0.4 is 9.47 Å². The number of alkyl halides is 3. The average molecular weight is 505 g/mol. The molecule has 0 bridgehead atoms. The van der Waals surface area contributed by atoms with Crippen LogP contribution in [0.3, 0.4) is 0 Å². The molecule has 0 radical (unpaired) electrons. The second-order valence-electron chi connectivity index (χ2n) is 8.73. The molecule has 36 heavy (non-hydrogen) atoms. The Hall–Kier alpha value is -3.42. The van der Waals surface area contributed by atoms with Gasteiger partial charge in [0.1, 0.15) is 42.0 Å². The Kier molecular flexibility index (Phi) is 9.07. The summed E-state index contributed by atoms with van der Waals surface area (Å²) in [5.74, 6) is -1.38. The molecule has 1 heterocycles. The van der Waals surface area contributed by atoms with Crippen LogP contribution in [0.5, 0.6) is 11.5 Å². The molecule has 0 spiro atoms. The summed E-state index contributed by atoms with van der Waals surface area (Å²) in [7, 11) is 1.61. The van der Waals surface area contributed by atoms with E-state index in [-0.39, 0.29) is 11.3 Å². The van der Waals surface area contributed by atoms with Gasteiger partial charge in [-0.2, -0.15) is 13.2 Å². The summed E-state index contributed by atoms with van der Waals surface area (Å²) in [4.78, 5) is 11.5. The molecule has 2 aromatic carbocycles. The Labute approximate surface area is 208 Å². The number of carbonyl (C=O) groups excluding carboxylic acids is 1. The van der Waals surface area contributed by atoms with Crippen molar-refractivity contribution in [1.29, 1.82) is 0 Å². The fourth-order valence-corrected chi connectivity index (χ4v) is 3.64. The van der Waals surface area contributed by atoms with Crippen molar-refractivity contribution < 1.29 is 36.6 Å². The number of halogens is 3. The van der Waals surface area contributed by atoms with Crippen molar-refractivity contribution in [2.45, 2.75) is 45.7 Å². The molecule has 0 aliphatic carbocycles. The number of aryl methyl sites for hydroxylation is 1. The predicted molar refractivity (Wildman–Crippen MR) is 132 cm³/mol. The van der Waals surface area contributed by atoms with Crippen molar-refractivity contribution >= 4 is 16.9 Å². The van der Waals surface area contributed by atoms with Crippen LogP contribution in [0, 0.1) is 5.92 Å². The van der Waals surface area contributed by atoms with E-state index >= 15 is 0 Å². The van der Waals surface area contributed by atoms with E-state index in [0.717, 1.165) is 30.2 Å². The molecule has 0 amide bonds. The second-order valence-corrected chi connectivity index (χ2v) is 8.73. The number of esters is 1. The van der Waals surface area contributed by atoms with Crippen LogP contribution in [0.15, 0.2) is 59.0 Å². The molecule has 0 aliphatic heterocycles. The highest BCUT2D eigenvalue weighted by molar-refractivity contribution is 5.87. The Bertz CT molecular complexity index is 1200. The maximum Gasteiger partial charge on any atom is 0.398 e. The average Bonchev–Trinajstić information content (AvgIpc) is 3.26. The highest BCUT2D eigenvalue weighted by atomic mass is 19.4. The van der Waals surface area contributed by atoms with Crippen LogP contribution in [-0.4, -0.2) is 32.5 Å². The molecule has 0 fully saturated rings. The number of benzene rings is 2. The van der Waals surface area contributed by atoms with Crippen LogP contribution in [0.2, 0.25) is 0 Å². The van der Waals surface area contributed by atoms with Crippen LogP contribution in [0.4, 0.5) is 13.2 Å². The van der Waals surface area contributed by atoms with Gasteiger partial charge >= 0.3 is 12.1 Å². The Morgan fingerprint density at radius 3 is 2.53 bits per heavy atom. The zero-order valence-electron chi connectivity index (χ0n) is 20.7. The lowest BCUT2D eigenvalue weighted by atomic mass is 10.0. The fourth-order valence-electron chi connectivity index (χ4n) is 3.64. The lowest BCUT2D eigenvalue weighted by Crippen LogP contribution is -2.33. The minimum absolute atomic E-state index is 0.0266. The van der Waals surface area contributed by atoms with E-state index in [0.29, 0.717) is 17.1 Å². The first kappa shape index (κ1) is 27.2. The number of unbranched alkanes of at least 4 members (excludes halogenated alkanes) is 2. The molecule has 0 N–H and O–H groups in total. The van der Waals surface area contributed by atoms with Gasteiger partial charge in [0.2, 0.25) is 0 Å². The highest BCUT2D eigenvalue weighted by Crippen LogP contribution is 2.36. The third kappa shape index (κ3) is 7.06. The summed E-state index contributed by atoms with van der Waals surface area (Å²) >= 11 is 0. The van der Waals surface area contributed by atoms with Gasteiger partial charge in [0, 0.05) is 17.0 Å². The predicted octanol–water partition coefficient (Wildman–Crippen LogP) is 7.52. The van der Waals surface area contributed by atoms with Crippen molar-refractivity contribution in [1.82, 2.24) is 0 Å². The zero-order valence-corrected chi connectivity index (χ0v) is 20.7. The first-order valence-electron chi connectivity index (χ1n) is 11.9. The number of methoxy groups -OCH3 is 1. The van der Waals surface area contributed by atoms with Gasteiger partial charge in [0.15, 0.2) is 0 Å². The quantitative estimate of drug-likeness (QED) is 0.145. The Morgan fingerprint density at radius 1 is 1.08 bits per heavy atom. The molecule has 0 aliphatic rings. The van der Waals surface area contributed by atoms with Crippen LogP contribution in [0.25, 0.3) is 22.3 Å². The third-order valence-corrected chi connectivity index (χ3v) is 5.77. The molecule has 1 unspecified atom stereocenters. The van der Waals surface area contributed by atoms with Gasteiger partial charge in [-0.1, -0.05) is 32.4 Å². The summed E-state index contributed by atoms with van der Waals surface area (Å²) in [6.45, 7) is 5.34. The van der Waals surface area contributed by atoms with Crippen molar-refractivity contribution in [3.05, 3.63) is 60.2 Å². The number of rotatable bonds is 12. The summed E-state index contributed by atoms with van der Waals surface area (Å²) in [5.41, 5.74) is 2.46. The molecule has 1 atom stereocenters. The molecule has 3 rings (SSSR count). The molecule has 8 heteroatoms. The summed E-state index contributed by atoms with van der Waals surface area (Å²) < 4.78 is 61.8. The van der Waals surface area contributed by atoms with Gasteiger partial charge in [0.25, 0.3) is 0 Å². The van der Waals surface area contributed by atoms with Crippen molar-refractivity contribution in [3.8, 4) is 22.8 Å². The van der Waals surface area contributed by atoms with Crippen LogP contribution >= 0.6 is 0 Å². The Morgan fingerprint density at radius 2 is 1.86 bits per heavy atom. The summed E-state index contributed by atoms with van der Waals surface area (Å²) in [5, 5.41) is 0.772. The van der Waals surface area contributed by atoms with Gasteiger partial charge < -0.3 is 18.6 Å². The second kappa shape index (κ2) is 12.0. The van der Waals surface area contributed by atoms with Gasteiger partial charge in [0.05, 0.1) is 12.7 Å². The van der Waals surface area contributed by atoms with Gasteiger partial charge in [-0.3, -0.25) is 0 Å². The number of furan rings is 1. The topological polar surface area (TPSA) is 57.9 Å². The number of hydrogen-bond acceptors (Lipinski definition) is 5. The van der Waals surface area contributed by atoms with Crippen molar-refractivity contribution in [3.63, 3.8) is 0 Å². The smallest absolute Gasteiger partial charge is 0.398 e. The standard InChI is InChI=1S/C28H31F3O5/c1-5-6-7-8-19-9-12-23(25(13-19)33-4)26-14-20-10-11-22(15-24(20)36-26)34-16-21(28(29,30)31)17-35-27(32)18(2)3/h9-15,21H,2,5-8,16-17H2,1,3-4H3. The summed E-state index contributed by atoms with van der Waals surface area (Å²) in [6, 6.07) is 12.7. The van der Waals surface area contributed by atoms with Crippen LogP contribution in [0.1, 0.15) is 38.7 Å². The minimum atomic E-state index is -4.60. The highest BCUT2D eigenvalue weighted by Gasteiger charge is 2.41. The minimum Gasteiger partial charge on any atom is -0.496 e. The van der Waals surface area contributed by atoms with Gasteiger partial charge in [-0.25, -0.2) is 4.79 Å². The normalized spacial score (nSPS) is 12.4. The number of ether oxygens (including phenoxy) is 3. The number of carbonyl (C=O) groups is 1. The molecule has 5 nitrogen and oxygen atoms in total. The first-order chi connectivity index (χ1) is 17.1. The van der Waals surface area contributed by atoms with E-state index in [1.165, 1.54) is 25.0 Å². The number of fused-ring (bicyclic) bond motifs is 1. The van der Waals surface area contributed by atoms with Crippen molar-refractivity contribution in [2.75, 3.05) is 20.3 Å². The first-order valence-corrected chi connectivity index (χ1v) is 11.9. The maximum absolute atomic E-state index is 13.4. The van der Waals surface area contributed by atoms with E-state index in [1.807, 2.05) is 24.3 Å². The van der Waals surface area contributed by atoms with E-state index in [1.54, 1.807) is 19.2 Å². The molecule has 3 aromatic rings. The van der Waals surface area contributed by atoms with Crippen molar-refractivity contribution in [2.24, 2.45) is 5.92 Å². The number of hydrogen-bond donors (Lipinski definition) is 0. The Balaban J connectivity index is 1.74. The monoisotopic (exact) mass is 504 g/mol. The zero-order chi connectivity index (χ0) is 26.3. The lowest BCUT2D eigenvalue weighted by Gasteiger charge is -2.20. The van der Waals surface area contributed by atoms with E-state index in [9.17, 15) is 18.0 Å². The van der Waals surface area contributed by atoms with Gasteiger partial charge in [-0.05, 0) is 55.7 Å². The van der Waals surface area contributed by atoms with Crippen LogP contribution in [-0.2, 0) is 16.0 Å². The summed E-state index contributed by atoms with van der Waals surface area (Å²) in [6.07, 6.45) is -0.203. The lowest BCUT2D eigenvalue weighted by molar-refractivity contribution is -0.196. The molecule has 194 valence electrons. The largest absolute Gasteiger partial charge is 0.496 e. The molecule has 1 aromatic heterocycles. The molecular formula is C28H31F3O5. The van der Waals surface area contributed by atoms with E-state index in [2.05, 4.69) is 13.5 Å². The van der Waals surface area contributed by atoms with E-state index < -0.39 is 31.3 Å².